The average molecular weight is 334 g/mol. The smallest absolute Gasteiger partial charge is 0.389 e. The van der Waals surface area contributed by atoms with Gasteiger partial charge in [-0.15, -0.1) is 0 Å². The molecule has 0 atom stereocenters. The van der Waals surface area contributed by atoms with E-state index in [4.69, 9.17) is 29.6 Å². The average Bonchev–Trinajstić information content (AvgIpc) is 2.64. The number of nitrogens with two attached hydrogens (primary N) is 1. The molecule has 0 spiro atoms. The van der Waals surface area contributed by atoms with Crippen LogP contribution in [0.2, 0.25) is 5.02 Å². The van der Waals surface area contributed by atoms with Gasteiger partial charge in [-0.1, -0.05) is 23.8 Å². The topological polar surface area (TPSA) is 43.8 Å². The van der Waals surface area contributed by atoms with Crippen molar-refractivity contribution in [3.05, 3.63) is 45.7 Å². The predicted molar refractivity (Wildman–Crippen MR) is 78.9 cm³/mol. The molecule has 21 heavy (non-hydrogen) atoms. The van der Waals surface area contributed by atoms with Crippen molar-refractivity contribution in [1.82, 2.24) is 9.78 Å². The summed E-state index contributed by atoms with van der Waals surface area (Å²) in [7, 11) is 0. The van der Waals surface area contributed by atoms with Crippen LogP contribution in [0.1, 0.15) is 22.5 Å². The Bertz CT molecular complexity index is 722. The van der Waals surface area contributed by atoms with Crippen LogP contribution in [0.15, 0.2) is 18.2 Å². The molecule has 0 fully saturated rings. The first-order valence-electron chi connectivity index (χ1n) is 5.86. The normalized spacial score (nSPS) is 11.7. The van der Waals surface area contributed by atoms with E-state index in [1.165, 1.54) is 16.8 Å². The Labute approximate surface area is 129 Å². The summed E-state index contributed by atoms with van der Waals surface area (Å²) in [5, 5.41) is 4.66. The molecule has 0 radical (unpaired) electrons. The molecule has 3 nitrogen and oxygen atoms in total. The molecule has 0 aliphatic carbocycles. The van der Waals surface area contributed by atoms with Crippen LogP contribution in [0.5, 0.6) is 0 Å². The molecule has 0 aliphatic heterocycles. The van der Waals surface area contributed by atoms with Crippen LogP contribution in [-0.4, -0.2) is 14.8 Å². The van der Waals surface area contributed by atoms with Gasteiger partial charge in [0, 0.05) is 5.56 Å². The van der Waals surface area contributed by atoms with Crippen LogP contribution in [0.25, 0.3) is 5.69 Å². The lowest BCUT2D eigenvalue weighted by Gasteiger charge is -2.14. The van der Waals surface area contributed by atoms with Crippen molar-refractivity contribution < 1.29 is 13.2 Å². The number of benzene rings is 1. The third-order valence-corrected chi connectivity index (χ3v) is 3.79. The molecule has 0 saturated heterocycles. The Balaban J connectivity index is 2.65. The van der Waals surface area contributed by atoms with Crippen molar-refractivity contribution in [1.29, 1.82) is 0 Å². The maximum absolute atomic E-state index is 12.9. The fourth-order valence-electron chi connectivity index (χ4n) is 1.99. The second-order valence-electron chi connectivity index (χ2n) is 4.49. The van der Waals surface area contributed by atoms with E-state index in [1.54, 1.807) is 13.8 Å². The van der Waals surface area contributed by atoms with E-state index < -0.39 is 11.7 Å². The van der Waals surface area contributed by atoms with Crippen molar-refractivity contribution in [3.63, 3.8) is 0 Å². The van der Waals surface area contributed by atoms with Crippen LogP contribution >= 0.6 is 23.8 Å². The highest BCUT2D eigenvalue weighted by Gasteiger charge is 2.34. The fourth-order valence-corrected chi connectivity index (χ4v) is 2.28. The van der Waals surface area contributed by atoms with Crippen molar-refractivity contribution in [2.45, 2.75) is 20.0 Å². The summed E-state index contributed by atoms with van der Waals surface area (Å²) < 4.78 is 40.3. The molecule has 112 valence electrons. The van der Waals surface area contributed by atoms with E-state index >= 15 is 0 Å². The molecule has 1 aromatic heterocycles. The van der Waals surface area contributed by atoms with E-state index in [0.29, 0.717) is 22.1 Å². The highest BCUT2D eigenvalue weighted by atomic mass is 35.5. The van der Waals surface area contributed by atoms with Gasteiger partial charge in [0.25, 0.3) is 0 Å². The number of hydrogen-bond acceptors (Lipinski definition) is 2. The lowest BCUT2D eigenvalue weighted by molar-refractivity contribution is -0.137. The predicted octanol–water partition coefficient (Wildman–Crippen LogP) is 3.80. The summed E-state index contributed by atoms with van der Waals surface area (Å²) >= 11 is 10.8. The molecule has 0 saturated carbocycles. The first-order valence-corrected chi connectivity index (χ1v) is 6.64. The van der Waals surface area contributed by atoms with Gasteiger partial charge in [-0.25, -0.2) is 4.68 Å². The standard InChI is InChI=1S/C13H11ClF3N3S/c1-6-11(14)7(2)20(19-6)8-3-4-10(13(15,16)17)9(5-8)12(18)21/h3-5H,1-2H3,(H2,18,21). The molecule has 2 aromatic rings. The minimum absolute atomic E-state index is 0.237. The van der Waals surface area contributed by atoms with Gasteiger partial charge in [0.1, 0.15) is 4.99 Å². The number of rotatable bonds is 2. The Hall–Kier alpha value is -1.60. The number of halogens is 4. The number of aryl methyl sites for hydroxylation is 1. The molecular weight excluding hydrogens is 323 g/mol. The van der Waals surface area contributed by atoms with Gasteiger partial charge in [0.2, 0.25) is 0 Å². The Morgan fingerprint density at radius 3 is 2.38 bits per heavy atom. The molecule has 0 bridgehead atoms. The van der Waals surface area contributed by atoms with Gasteiger partial charge >= 0.3 is 6.18 Å². The number of alkyl halides is 3. The largest absolute Gasteiger partial charge is 0.417 e. The molecule has 0 aliphatic rings. The van der Waals surface area contributed by atoms with Gasteiger partial charge in [-0.2, -0.15) is 18.3 Å². The molecule has 0 unspecified atom stereocenters. The second-order valence-corrected chi connectivity index (χ2v) is 5.31. The van der Waals surface area contributed by atoms with Gasteiger partial charge in [0.05, 0.1) is 27.7 Å². The Morgan fingerprint density at radius 1 is 1.33 bits per heavy atom. The number of aromatic nitrogens is 2. The molecule has 2 N–H and O–H groups in total. The number of thiocarbonyl (C=S) groups is 1. The van der Waals surface area contributed by atoms with Gasteiger partial charge in [0.15, 0.2) is 0 Å². The lowest BCUT2D eigenvalue weighted by atomic mass is 10.1. The third-order valence-electron chi connectivity index (χ3n) is 3.02. The van der Waals surface area contributed by atoms with E-state index in [0.717, 1.165) is 6.07 Å². The zero-order valence-electron chi connectivity index (χ0n) is 11.1. The number of nitrogens with zero attached hydrogens (tertiary/aromatic N) is 2. The fraction of sp³-hybridized carbons (Fsp3) is 0.231. The second kappa shape index (κ2) is 5.31. The minimum atomic E-state index is -4.52. The first-order chi connectivity index (χ1) is 9.62. The van der Waals surface area contributed by atoms with Crippen LogP contribution in [-0.2, 0) is 6.18 Å². The minimum Gasteiger partial charge on any atom is -0.389 e. The van der Waals surface area contributed by atoms with E-state index in [1.807, 2.05) is 0 Å². The highest BCUT2D eigenvalue weighted by Crippen LogP contribution is 2.33. The van der Waals surface area contributed by atoms with Crippen molar-refractivity contribution >= 4 is 28.8 Å². The van der Waals surface area contributed by atoms with Crippen molar-refractivity contribution in [2.75, 3.05) is 0 Å². The van der Waals surface area contributed by atoms with E-state index in [-0.39, 0.29) is 10.6 Å². The van der Waals surface area contributed by atoms with Crippen molar-refractivity contribution in [3.8, 4) is 5.69 Å². The molecule has 8 heteroatoms. The van der Waals surface area contributed by atoms with E-state index in [2.05, 4.69) is 5.10 Å². The van der Waals surface area contributed by atoms with Gasteiger partial charge in [-0.3, -0.25) is 0 Å². The SMILES string of the molecule is Cc1nn(-c2ccc(C(F)(F)F)c(C(N)=S)c2)c(C)c1Cl. The monoisotopic (exact) mass is 333 g/mol. The Morgan fingerprint density at radius 2 is 1.95 bits per heavy atom. The summed E-state index contributed by atoms with van der Waals surface area (Å²) in [4.78, 5) is -0.322. The maximum atomic E-state index is 12.9. The summed E-state index contributed by atoms with van der Waals surface area (Å²) in [6, 6.07) is 3.51. The quantitative estimate of drug-likeness (QED) is 0.850. The first kappa shape index (κ1) is 15.8. The van der Waals surface area contributed by atoms with Gasteiger partial charge in [-0.05, 0) is 32.0 Å². The molecule has 2 rings (SSSR count). The molecular formula is C13H11ClF3N3S. The zero-order valence-corrected chi connectivity index (χ0v) is 12.7. The van der Waals surface area contributed by atoms with Crippen LogP contribution in [0, 0.1) is 13.8 Å². The summed E-state index contributed by atoms with van der Waals surface area (Å²) in [6.07, 6.45) is -4.52. The number of hydrogen-bond donors (Lipinski definition) is 1. The zero-order chi connectivity index (χ0) is 15.9. The molecule has 1 aromatic carbocycles. The Kier molecular flexibility index (Phi) is 3.99. The molecule has 1 heterocycles. The summed E-state index contributed by atoms with van der Waals surface area (Å²) in [5.74, 6) is 0. The lowest BCUT2D eigenvalue weighted by Crippen LogP contribution is -2.18. The van der Waals surface area contributed by atoms with Crippen molar-refractivity contribution in [2.24, 2.45) is 5.73 Å². The van der Waals surface area contributed by atoms with Crippen LogP contribution in [0.4, 0.5) is 13.2 Å². The maximum Gasteiger partial charge on any atom is 0.417 e. The third kappa shape index (κ3) is 2.89. The highest BCUT2D eigenvalue weighted by molar-refractivity contribution is 7.80. The van der Waals surface area contributed by atoms with Crippen LogP contribution < -0.4 is 5.73 Å². The molecule has 0 amide bonds. The summed E-state index contributed by atoms with van der Waals surface area (Å²) in [5.41, 5.74) is 5.93. The summed E-state index contributed by atoms with van der Waals surface area (Å²) in [6.45, 7) is 3.44. The van der Waals surface area contributed by atoms with Crippen LogP contribution in [0.3, 0.4) is 0 Å². The van der Waals surface area contributed by atoms with E-state index in [9.17, 15) is 13.2 Å². The van der Waals surface area contributed by atoms with Gasteiger partial charge < -0.3 is 5.73 Å².